The maximum absolute atomic E-state index is 12.8. The van der Waals surface area contributed by atoms with E-state index < -0.39 is 10.0 Å². The summed E-state index contributed by atoms with van der Waals surface area (Å²) in [4.78, 5) is 17.0. The normalized spacial score (nSPS) is 22.4. The Morgan fingerprint density at radius 1 is 1.29 bits per heavy atom. The van der Waals surface area contributed by atoms with Crippen molar-refractivity contribution in [3.63, 3.8) is 0 Å². The summed E-state index contributed by atoms with van der Waals surface area (Å²) in [6.45, 7) is 1.08. The Balaban J connectivity index is 1.49. The maximum atomic E-state index is 12.8. The number of amides is 1. The molecule has 2 aliphatic heterocycles. The van der Waals surface area contributed by atoms with Gasteiger partial charge in [-0.2, -0.15) is 0 Å². The molecule has 0 aromatic heterocycles. The van der Waals surface area contributed by atoms with Gasteiger partial charge in [0.25, 0.3) is 15.9 Å². The Labute approximate surface area is 170 Å². The summed E-state index contributed by atoms with van der Waals surface area (Å²) >= 11 is 1.32. The number of thioether (sulfide) groups is 1. The van der Waals surface area contributed by atoms with Crippen molar-refractivity contribution >= 4 is 38.5 Å². The lowest BCUT2D eigenvalue weighted by atomic mass is 9.80. The van der Waals surface area contributed by atoms with Crippen LogP contribution in [0.5, 0.6) is 0 Å². The van der Waals surface area contributed by atoms with Crippen LogP contribution in [0.3, 0.4) is 0 Å². The second-order valence-corrected chi connectivity index (χ2v) is 10.9. The third-order valence-corrected chi connectivity index (χ3v) is 8.50. The van der Waals surface area contributed by atoms with Crippen LogP contribution in [0.15, 0.2) is 27.5 Å². The van der Waals surface area contributed by atoms with E-state index in [0.29, 0.717) is 23.8 Å². The fraction of sp³-hybridized carbons (Fsp3) is 0.579. The summed E-state index contributed by atoms with van der Waals surface area (Å²) in [5, 5.41) is 3.63. The molecule has 4 rings (SSSR count). The van der Waals surface area contributed by atoms with Crippen LogP contribution in [0.4, 0.5) is 5.69 Å². The monoisotopic (exact) mass is 423 g/mol. The number of anilines is 1. The van der Waals surface area contributed by atoms with E-state index in [9.17, 15) is 13.2 Å². The molecule has 28 heavy (non-hydrogen) atoms. The summed E-state index contributed by atoms with van der Waals surface area (Å²) in [6.07, 6.45) is 5.99. The molecule has 1 aromatic rings. The van der Waals surface area contributed by atoms with Gasteiger partial charge in [-0.15, -0.1) is 4.40 Å². The number of benzene rings is 1. The van der Waals surface area contributed by atoms with Crippen molar-refractivity contribution < 1.29 is 18.1 Å². The van der Waals surface area contributed by atoms with Crippen LogP contribution in [0.2, 0.25) is 0 Å². The number of quaternary nitrogens is 1. The van der Waals surface area contributed by atoms with Crippen LogP contribution in [-0.2, 0) is 10.0 Å². The Bertz CT molecular complexity index is 921. The average molecular weight is 424 g/mol. The van der Waals surface area contributed by atoms with Crippen molar-refractivity contribution in [2.45, 2.75) is 42.5 Å². The van der Waals surface area contributed by atoms with Gasteiger partial charge < -0.3 is 15.1 Å². The Hall–Kier alpha value is -1.58. The van der Waals surface area contributed by atoms with Crippen molar-refractivity contribution in [1.29, 1.82) is 0 Å². The fourth-order valence-electron chi connectivity index (χ4n) is 4.31. The highest BCUT2D eigenvalue weighted by molar-refractivity contribution is 8.15. The van der Waals surface area contributed by atoms with Gasteiger partial charge >= 0.3 is 0 Å². The summed E-state index contributed by atoms with van der Waals surface area (Å²) in [5.41, 5.74) is 1.65. The largest absolute Gasteiger partial charge is 0.346 e. The second-order valence-electron chi connectivity index (χ2n) is 8.12. The van der Waals surface area contributed by atoms with E-state index in [0.717, 1.165) is 23.4 Å². The zero-order valence-electron chi connectivity index (χ0n) is 16.3. The van der Waals surface area contributed by atoms with Crippen LogP contribution in [0.1, 0.15) is 42.5 Å². The van der Waals surface area contributed by atoms with E-state index in [1.54, 1.807) is 0 Å². The third-order valence-electron chi connectivity index (χ3n) is 6.19. The van der Waals surface area contributed by atoms with Gasteiger partial charge in [0.1, 0.15) is 5.54 Å². The smallest absolute Gasteiger partial charge is 0.257 e. The molecular formula is C19H27N4O3S2+. The summed E-state index contributed by atoms with van der Waals surface area (Å²) in [6, 6.07) is 5.56. The first kappa shape index (κ1) is 19.7. The van der Waals surface area contributed by atoms with Gasteiger partial charge in [0.05, 0.1) is 32.1 Å². The number of nitrogens with zero attached hydrogens (tertiary/aromatic N) is 2. The second kappa shape index (κ2) is 7.35. The van der Waals surface area contributed by atoms with Crippen LogP contribution in [0, 0.1) is 0 Å². The highest BCUT2D eigenvalue weighted by Crippen LogP contribution is 2.42. The van der Waals surface area contributed by atoms with E-state index in [-0.39, 0.29) is 17.2 Å². The number of likely N-dealkylation sites (N-methyl/N-ethyl adjacent to an activating group) is 1. The number of fused-ring (bicyclic) bond motifs is 3. The van der Waals surface area contributed by atoms with Crippen molar-refractivity contribution in [3.05, 3.63) is 23.8 Å². The van der Waals surface area contributed by atoms with Crippen LogP contribution >= 0.6 is 11.8 Å². The molecule has 9 heteroatoms. The lowest BCUT2D eigenvalue weighted by Gasteiger charge is -2.39. The number of sulfonamides is 1. The maximum Gasteiger partial charge on any atom is 0.257 e. The zero-order chi connectivity index (χ0) is 19.9. The molecule has 1 amide bonds. The molecule has 0 saturated heterocycles. The molecular weight excluding hydrogens is 396 g/mol. The zero-order valence-corrected chi connectivity index (χ0v) is 18.0. The van der Waals surface area contributed by atoms with E-state index in [2.05, 4.69) is 23.8 Å². The minimum Gasteiger partial charge on any atom is -0.346 e. The number of amidine groups is 1. The minimum absolute atomic E-state index is 0.0215. The first-order valence-corrected chi connectivity index (χ1v) is 12.2. The van der Waals surface area contributed by atoms with Gasteiger partial charge in [0, 0.05) is 29.8 Å². The standard InChI is InChI=1S/C19H26N4O3S2/c1-22(2)19(8-4-3-5-9-19)13-20-17(24)14-6-7-15-16(12-14)27-18-21-28(25,26)11-10-23(15)18/h6-7,12H,3-5,8-11,13H2,1-2H3,(H,20,24)/p+1. The molecule has 0 spiro atoms. The molecule has 0 bridgehead atoms. The molecule has 152 valence electrons. The topological polar surface area (TPSA) is 83.3 Å². The molecule has 2 heterocycles. The van der Waals surface area contributed by atoms with Gasteiger partial charge in [-0.3, -0.25) is 4.79 Å². The lowest BCUT2D eigenvalue weighted by Crippen LogP contribution is -3.16. The van der Waals surface area contributed by atoms with Crippen molar-refractivity contribution in [2.24, 2.45) is 4.40 Å². The van der Waals surface area contributed by atoms with E-state index in [4.69, 9.17) is 0 Å². The fourth-order valence-corrected chi connectivity index (χ4v) is 6.60. The highest BCUT2D eigenvalue weighted by atomic mass is 32.2. The van der Waals surface area contributed by atoms with Crippen molar-refractivity contribution in [3.8, 4) is 0 Å². The van der Waals surface area contributed by atoms with Crippen molar-refractivity contribution in [2.75, 3.05) is 37.8 Å². The first-order chi connectivity index (χ1) is 13.3. The van der Waals surface area contributed by atoms with Gasteiger partial charge in [-0.05, 0) is 42.8 Å². The van der Waals surface area contributed by atoms with E-state index in [1.165, 1.54) is 35.9 Å². The first-order valence-electron chi connectivity index (χ1n) is 9.81. The molecule has 7 nitrogen and oxygen atoms in total. The van der Waals surface area contributed by atoms with E-state index in [1.807, 2.05) is 23.1 Å². The Kier molecular flexibility index (Phi) is 5.18. The van der Waals surface area contributed by atoms with Gasteiger partial charge in [-0.25, -0.2) is 8.42 Å². The molecule has 1 aromatic carbocycles. The Morgan fingerprint density at radius 3 is 2.75 bits per heavy atom. The molecule has 1 saturated carbocycles. The molecule has 3 aliphatic rings. The van der Waals surface area contributed by atoms with Crippen molar-refractivity contribution in [1.82, 2.24) is 5.32 Å². The molecule has 1 aliphatic carbocycles. The molecule has 1 fully saturated rings. The average Bonchev–Trinajstić information content (AvgIpc) is 3.01. The number of nitrogens with one attached hydrogen (secondary N) is 2. The third kappa shape index (κ3) is 3.67. The predicted octanol–water partition coefficient (Wildman–Crippen LogP) is 0.875. The Morgan fingerprint density at radius 2 is 2.04 bits per heavy atom. The summed E-state index contributed by atoms with van der Waals surface area (Å²) in [5.74, 6) is -0.0535. The quantitative estimate of drug-likeness (QED) is 0.751. The number of hydrogen-bond acceptors (Lipinski definition) is 5. The van der Waals surface area contributed by atoms with Crippen LogP contribution in [-0.4, -0.2) is 58.0 Å². The SMILES string of the molecule is C[NH+](C)C1(CNC(=O)c2ccc3c(c2)SC2=NS(=O)(=O)CCN23)CCCCC1. The van der Waals surface area contributed by atoms with Gasteiger partial charge in [0.15, 0.2) is 5.17 Å². The molecule has 0 unspecified atom stereocenters. The van der Waals surface area contributed by atoms with Gasteiger partial charge in [0.2, 0.25) is 0 Å². The number of carbonyl (C=O) groups is 1. The molecule has 0 radical (unpaired) electrons. The lowest BCUT2D eigenvalue weighted by molar-refractivity contribution is -0.916. The minimum atomic E-state index is -3.37. The van der Waals surface area contributed by atoms with Gasteiger partial charge in [-0.1, -0.05) is 6.42 Å². The number of rotatable bonds is 4. The van der Waals surface area contributed by atoms with E-state index >= 15 is 0 Å². The number of hydrogen-bond donors (Lipinski definition) is 2. The van der Waals surface area contributed by atoms with Crippen LogP contribution in [0.25, 0.3) is 0 Å². The highest BCUT2D eigenvalue weighted by Gasteiger charge is 2.38. The molecule has 2 N–H and O–H groups in total. The van der Waals surface area contributed by atoms with Crippen LogP contribution < -0.4 is 15.1 Å². The predicted molar refractivity (Wildman–Crippen MR) is 112 cm³/mol. The summed E-state index contributed by atoms with van der Waals surface area (Å²) in [7, 11) is 0.977. The molecule has 0 atom stereocenters. The summed E-state index contributed by atoms with van der Waals surface area (Å²) < 4.78 is 27.4. The number of carbonyl (C=O) groups excluding carboxylic acids is 1.